The lowest BCUT2D eigenvalue weighted by molar-refractivity contribution is -0.870. The minimum absolute atomic E-state index is 0.281. The molecule has 0 aromatic carbocycles. The van der Waals surface area contributed by atoms with Crippen LogP contribution in [0, 0.1) is 5.92 Å². The molecule has 0 saturated heterocycles. The van der Waals surface area contributed by atoms with E-state index in [2.05, 4.69) is 21.1 Å². The number of hydrogen-bond donors (Lipinski definition) is 1. The first kappa shape index (κ1) is 15.8. The monoisotopic (exact) mass is 205 g/mol. The number of carbonyl (C=O) groups is 1. The molecule has 1 N–H and O–H groups in total. The smallest absolute Gasteiger partial charge is 0.101 e. The fourth-order valence-corrected chi connectivity index (χ4v) is 0.467. The summed E-state index contributed by atoms with van der Waals surface area (Å²) in [5.74, 6) is -1.25. The standard InChI is InChI=1S/C5H14NO.C5H10O2/c1-6(2,3)4-5-7;1-3-4(2)5(6)7/h7H,4-5H2,1-3H3;4H,3H2,1-2H3,(H,6,7)/q+1;/p-1. The Balaban J connectivity index is 0. The van der Waals surface area contributed by atoms with Gasteiger partial charge in [0.05, 0.1) is 27.7 Å². The predicted octanol–water partition coefficient (Wildman–Crippen LogP) is -0.533. The van der Waals surface area contributed by atoms with Crippen molar-refractivity contribution in [2.24, 2.45) is 5.92 Å². The van der Waals surface area contributed by atoms with Crippen LogP contribution >= 0.6 is 0 Å². The number of carbonyl (C=O) groups excluding carboxylic acids is 1. The lowest BCUT2D eigenvalue weighted by atomic mass is 10.1. The van der Waals surface area contributed by atoms with Crippen LogP contribution in [0.15, 0.2) is 0 Å². The second-order valence-corrected chi connectivity index (χ2v) is 4.37. The summed E-state index contributed by atoms with van der Waals surface area (Å²) in [6.45, 7) is 4.57. The molecule has 0 amide bonds. The molecule has 0 rings (SSSR count). The van der Waals surface area contributed by atoms with Gasteiger partial charge in [-0.2, -0.15) is 0 Å². The molecular weight excluding hydrogens is 182 g/mol. The molecule has 0 aliphatic rings. The van der Waals surface area contributed by atoms with Gasteiger partial charge in [-0.05, 0) is 12.3 Å². The van der Waals surface area contributed by atoms with E-state index in [1.807, 2.05) is 6.92 Å². The Morgan fingerprint density at radius 2 is 1.86 bits per heavy atom. The van der Waals surface area contributed by atoms with Crippen molar-refractivity contribution in [3.63, 3.8) is 0 Å². The highest BCUT2D eigenvalue weighted by molar-refractivity contribution is 5.66. The van der Waals surface area contributed by atoms with Gasteiger partial charge in [0, 0.05) is 5.97 Å². The van der Waals surface area contributed by atoms with E-state index < -0.39 is 5.97 Å². The molecule has 14 heavy (non-hydrogen) atoms. The Kier molecular flexibility index (Phi) is 8.79. The summed E-state index contributed by atoms with van der Waals surface area (Å²) in [6.07, 6.45) is 0.655. The number of rotatable bonds is 4. The van der Waals surface area contributed by atoms with Crippen molar-refractivity contribution < 1.29 is 19.5 Å². The number of aliphatic hydroxyl groups is 1. The molecule has 4 nitrogen and oxygen atoms in total. The number of carboxylic acid groups (broad SMARTS) is 1. The zero-order valence-electron chi connectivity index (χ0n) is 9.91. The molecule has 0 fully saturated rings. The van der Waals surface area contributed by atoms with Gasteiger partial charge in [-0.3, -0.25) is 0 Å². The summed E-state index contributed by atoms with van der Waals surface area (Å²) in [5.41, 5.74) is 0. The highest BCUT2D eigenvalue weighted by Gasteiger charge is 2.02. The molecule has 0 aromatic heterocycles. The SMILES string of the molecule is CCC(C)C(=O)[O-].C[N+](C)(C)CCO. The molecule has 0 aliphatic carbocycles. The van der Waals surface area contributed by atoms with E-state index in [4.69, 9.17) is 5.11 Å². The third-order valence-corrected chi connectivity index (χ3v) is 1.79. The normalized spacial score (nSPS) is 12.7. The van der Waals surface area contributed by atoms with Crippen LogP contribution in [0.3, 0.4) is 0 Å². The van der Waals surface area contributed by atoms with Gasteiger partial charge in [-0.1, -0.05) is 13.8 Å². The maximum Gasteiger partial charge on any atom is 0.101 e. The molecule has 86 valence electrons. The summed E-state index contributed by atoms with van der Waals surface area (Å²) in [4.78, 5) is 9.82. The van der Waals surface area contributed by atoms with Gasteiger partial charge in [0.2, 0.25) is 0 Å². The Morgan fingerprint density at radius 3 is 1.86 bits per heavy atom. The summed E-state index contributed by atoms with van der Waals surface area (Å²) in [7, 11) is 6.16. The first-order chi connectivity index (χ1) is 6.24. The molecule has 1 unspecified atom stereocenters. The fourth-order valence-electron chi connectivity index (χ4n) is 0.467. The first-order valence-corrected chi connectivity index (χ1v) is 4.86. The van der Waals surface area contributed by atoms with E-state index in [1.54, 1.807) is 6.92 Å². The highest BCUT2D eigenvalue weighted by Crippen LogP contribution is 1.95. The Hall–Kier alpha value is -0.610. The zero-order valence-corrected chi connectivity index (χ0v) is 9.91. The molecule has 0 aromatic rings. The topological polar surface area (TPSA) is 60.4 Å². The van der Waals surface area contributed by atoms with E-state index in [0.717, 1.165) is 11.0 Å². The fraction of sp³-hybridized carbons (Fsp3) is 0.900. The number of carboxylic acids is 1. The van der Waals surface area contributed by atoms with E-state index >= 15 is 0 Å². The maximum atomic E-state index is 9.82. The predicted molar refractivity (Wildman–Crippen MR) is 54.4 cm³/mol. The number of likely N-dealkylation sites (N-methyl/N-ethyl adjacent to an activating group) is 1. The van der Waals surface area contributed by atoms with Crippen molar-refractivity contribution in [3.8, 4) is 0 Å². The van der Waals surface area contributed by atoms with Gasteiger partial charge in [0.25, 0.3) is 0 Å². The molecule has 4 heteroatoms. The van der Waals surface area contributed by atoms with Gasteiger partial charge in [0.15, 0.2) is 0 Å². The molecule has 0 saturated carbocycles. The summed E-state index contributed by atoms with van der Waals surface area (Å²) in [5, 5.41) is 18.2. The molecular formula is C10H23NO3. The molecule has 0 bridgehead atoms. The van der Waals surface area contributed by atoms with Crippen molar-refractivity contribution in [2.75, 3.05) is 34.3 Å². The van der Waals surface area contributed by atoms with Crippen LogP contribution in [0.2, 0.25) is 0 Å². The maximum absolute atomic E-state index is 9.82. The second kappa shape index (κ2) is 7.76. The summed E-state index contributed by atoms with van der Waals surface area (Å²) >= 11 is 0. The van der Waals surface area contributed by atoms with Crippen LogP contribution < -0.4 is 5.11 Å². The molecule has 0 heterocycles. The van der Waals surface area contributed by atoms with Gasteiger partial charge in [-0.25, -0.2) is 0 Å². The van der Waals surface area contributed by atoms with Crippen LogP contribution in [0.25, 0.3) is 0 Å². The minimum atomic E-state index is -0.956. The molecule has 1 atom stereocenters. The van der Waals surface area contributed by atoms with Crippen LogP contribution in [0.1, 0.15) is 20.3 Å². The summed E-state index contributed by atoms with van der Waals surface area (Å²) in [6, 6.07) is 0. The Bertz CT molecular complexity index is 152. The Morgan fingerprint density at radius 1 is 1.43 bits per heavy atom. The van der Waals surface area contributed by atoms with Crippen molar-refractivity contribution >= 4 is 5.97 Å². The number of hydrogen-bond acceptors (Lipinski definition) is 3. The second-order valence-electron chi connectivity index (χ2n) is 4.37. The van der Waals surface area contributed by atoms with E-state index in [-0.39, 0.29) is 12.5 Å². The quantitative estimate of drug-likeness (QED) is 0.627. The molecule has 0 spiro atoms. The molecule has 0 radical (unpaired) electrons. The first-order valence-electron chi connectivity index (χ1n) is 4.86. The van der Waals surface area contributed by atoms with Crippen molar-refractivity contribution in [2.45, 2.75) is 20.3 Å². The van der Waals surface area contributed by atoms with Crippen LogP contribution in [-0.4, -0.2) is 49.9 Å². The Labute approximate surface area is 86.7 Å². The van der Waals surface area contributed by atoms with Crippen molar-refractivity contribution in [1.82, 2.24) is 0 Å². The van der Waals surface area contributed by atoms with Gasteiger partial charge >= 0.3 is 0 Å². The third-order valence-electron chi connectivity index (χ3n) is 1.79. The third kappa shape index (κ3) is 13.9. The van der Waals surface area contributed by atoms with E-state index in [9.17, 15) is 9.90 Å². The van der Waals surface area contributed by atoms with E-state index in [0.29, 0.717) is 6.42 Å². The van der Waals surface area contributed by atoms with Gasteiger partial charge in [0.1, 0.15) is 6.54 Å². The number of aliphatic hydroxyl groups excluding tert-OH is 1. The van der Waals surface area contributed by atoms with Gasteiger partial charge in [-0.15, -0.1) is 0 Å². The van der Waals surface area contributed by atoms with E-state index in [1.165, 1.54) is 0 Å². The number of nitrogens with zero attached hydrogens (tertiary/aromatic N) is 1. The average molecular weight is 205 g/mol. The highest BCUT2D eigenvalue weighted by atomic mass is 16.4. The average Bonchev–Trinajstić information content (AvgIpc) is 2.01. The van der Waals surface area contributed by atoms with Crippen molar-refractivity contribution in [1.29, 1.82) is 0 Å². The van der Waals surface area contributed by atoms with Crippen LogP contribution in [0.4, 0.5) is 0 Å². The molecule has 0 aliphatic heterocycles. The lowest BCUT2D eigenvalue weighted by Gasteiger charge is -2.21. The largest absolute Gasteiger partial charge is 0.550 e. The lowest BCUT2D eigenvalue weighted by Crippen LogP contribution is -2.36. The minimum Gasteiger partial charge on any atom is -0.550 e. The zero-order chi connectivity index (χ0) is 11.8. The van der Waals surface area contributed by atoms with Crippen LogP contribution in [-0.2, 0) is 4.79 Å². The van der Waals surface area contributed by atoms with Crippen LogP contribution in [0.5, 0.6) is 0 Å². The van der Waals surface area contributed by atoms with Gasteiger partial charge < -0.3 is 19.5 Å². The number of quaternary nitrogens is 1. The summed E-state index contributed by atoms with van der Waals surface area (Å²) < 4.78 is 0.844. The number of aliphatic carboxylic acids is 1. The van der Waals surface area contributed by atoms with Crippen molar-refractivity contribution in [3.05, 3.63) is 0 Å².